The van der Waals surface area contributed by atoms with Crippen molar-refractivity contribution in [1.82, 2.24) is 10.3 Å². The van der Waals surface area contributed by atoms with Gasteiger partial charge in [-0.05, 0) is 30.7 Å². The molecule has 0 saturated heterocycles. The molecule has 0 aliphatic rings. The minimum Gasteiger partial charge on any atom is -0.399 e. The molecule has 2 rings (SSSR count). The number of carbonyl (C=O) groups is 1. The number of rotatable bonds is 4. The quantitative estimate of drug-likeness (QED) is 0.613. The normalized spacial score (nSPS) is 12.6. The van der Waals surface area contributed by atoms with Crippen LogP contribution in [-0.2, 0) is 0 Å². The molecule has 5 nitrogen and oxygen atoms in total. The van der Waals surface area contributed by atoms with Gasteiger partial charge < -0.3 is 21.1 Å². The monoisotopic (exact) mass is 247 g/mol. The second-order valence-electron chi connectivity index (χ2n) is 4.30. The van der Waals surface area contributed by atoms with Crippen LogP contribution in [0.1, 0.15) is 23.8 Å². The van der Waals surface area contributed by atoms with Crippen molar-refractivity contribution in [2.24, 2.45) is 0 Å². The first kappa shape index (κ1) is 12.4. The number of amides is 1. The van der Waals surface area contributed by atoms with Gasteiger partial charge in [0.05, 0.1) is 6.10 Å². The van der Waals surface area contributed by atoms with Gasteiger partial charge in [0.1, 0.15) is 5.69 Å². The van der Waals surface area contributed by atoms with Crippen molar-refractivity contribution in [3.05, 3.63) is 30.0 Å². The standard InChI is InChI=1S/C13H17N3O2/c1-2-10(17)7-15-13(18)12-6-8-5-9(14)3-4-11(8)16-12/h3-6,10,16-17H,2,7,14H2,1H3,(H,15,18). The number of H-pyrrole nitrogens is 1. The number of carbonyl (C=O) groups excluding carboxylic acids is 1. The number of aromatic amines is 1. The van der Waals surface area contributed by atoms with Crippen LogP contribution in [0.25, 0.3) is 10.9 Å². The molecule has 0 saturated carbocycles. The molecule has 0 fully saturated rings. The molecule has 2 aromatic rings. The number of aliphatic hydroxyl groups excluding tert-OH is 1. The Hall–Kier alpha value is -2.01. The van der Waals surface area contributed by atoms with Crippen LogP contribution >= 0.6 is 0 Å². The van der Waals surface area contributed by atoms with Gasteiger partial charge in [0, 0.05) is 23.1 Å². The van der Waals surface area contributed by atoms with Crippen molar-refractivity contribution in [1.29, 1.82) is 0 Å². The molecule has 18 heavy (non-hydrogen) atoms. The second-order valence-corrected chi connectivity index (χ2v) is 4.30. The van der Waals surface area contributed by atoms with Crippen LogP contribution in [0.5, 0.6) is 0 Å². The highest BCUT2D eigenvalue weighted by Gasteiger charge is 2.10. The summed E-state index contributed by atoms with van der Waals surface area (Å²) in [4.78, 5) is 14.8. The lowest BCUT2D eigenvalue weighted by molar-refractivity contribution is 0.0910. The predicted octanol–water partition coefficient (Wildman–Crippen LogP) is 1.25. The van der Waals surface area contributed by atoms with E-state index in [2.05, 4.69) is 10.3 Å². The summed E-state index contributed by atoms with van der Waals surface area (Å²) in [5, 5.41) is 13.0. The Morgan fingerprint density at radius 2 is 2.28 bits per heavy atom. The molecule has 1 atom stereocenters. The minimum absolute atomic E-state index is 0.225. The molecule has 1 aromatic heterocycles. The van der Waals surface area contributed by atoms with Crippen molar-refractivity contribution in [3.63, 3.8) is 0 Å². The van der Waals surface area contributed by atoms with Gasteiger partial charge in [-0.3, -0.25) is 4.79 Å². The molecule has 0 bridgehead atoms. The van der Waals surface area contributed by atoms with E-state index in [1.165, 1.54) is 0 Å². The maximum Gasteiger partial charge on any atom is 0.267 e. The summed E-state index contributed by atoms with van der Waals surface area (Å²) in [6.45, 7) is 2.12. The van der Waals surface area contributed by atoms with Crippen LogP contribution in [0.4, 0.5) is 5.69 Å². The molecular weight excluding hydrogens is 230 g/mol. The number of aliphatic hydroxyl groups is 1. The van der Waals surface area contributed by atoms with E-state index in [9.17, 15) is 9.90 Å². The number of anilines is 1. The van der Waals surface area contributed by atoms with E-state index < -0.39 is 6.10 Å². The number of nitrogens with one attached hydrogen (secondary N) is 2. The highest BCUT2D eigenvalue weighted by atomic mass is 16.3. The Morgan fingerprint density at radius 3 is 3.00 bits per heavy atom. The summed E-state index contributed by atoms with van der Waals surface area (Å²) in [6.07, 6.45) is 0.109. The largest absolute Gasteiger partial charge is 0.399 e. The van der Waals surface area contributed by atoms with Crippen molar-refractivity contribution >= 4 is 22.5 Å². The van der Waals surface area contributed by atoms with E-state index in [1.54, 1.807) is 12.1 Å². The van der Waals surface area contributed by atoms with Crippen LogP contribution in [0.2, 0.25) is 0 Å². The highest BCUT2D eigenvalue weighted by molar-refractivity contribution is 5.98. The Bertz CT molecular complexity index is 562. The van der Waals surface area contributed by atoms with Crippen LogP contribution in [0, 0.1) is 0 Å². The van der Waals surface area contributed by atoms with Gasteiger partial charge in [0.25, 0.3) is 5.91 Å². The zero-order valence-corrected chi connectivity index (χ0v) is 10.2. The average Bonchev–Trinajstić information content (AvgIpc) is 2.78. The molecule has 96 valence electrons. The molecule has 1 aromatic carbocycles. The van der Waals surface area contributed by atoms with Gasteiger partial charge in [-0.1, -0.05) is 6.92 Å². The zero-order valence-electron chi connectivity index (χ0n) is 10.2. The van der Waals surface area contributed by atoms with Crippen molar-refractivity contribution in [3.8, 4) is 0 Å². The summed E-state index contributed by atoms with van der Waals surface area (Å²) in [5.74, 6) is -0.225. The summed E-state index contributed by atoms with van der Waals surface area (Å²) < 4.78 is 0. The first-order chi connectivity index (χ1) is 8.60. The lowest BCUT2D eigenvalue weighted by atomic mass is 10.2. The van der Waals surface area contributed by atoms with E-state index in [-0.39, 0.29) is 12.5 Å². The summed E-state index contributed by atoms with van der Waals surface area (Å²) in [7, 11) is 0. The first-order valence-electron chi connectivity index (χ1n) is 5.94. The summed E-state index contributed by atoms with van der Waals surface area (Å²) >= 11 is 0. The zero-order chi connectivity index (χ0) is 13.1. The van der Waals surface area contributed by atoms with Crippen LogP contribution in [0.15, 0.2) is 24.3 Å². The topological polar surface area (TPSA) is 91.1 Å². The molecule has 5 heteroatoms. The average molecular weight is 247 g/mol. The van der Waals surface area contributed by atoms with Crippen molar-refractivity contribution in [2.45, 2.75) is 19.4 Å². The van der Waals surface area contributed by atoms with Gasteiger partial charge in [0.2, 0.25) is 0 Å². The van der Waals surface area contributed by atoms with Gasteiger partial charge in [-0.15, -0.1) is 0 Å². The lowest BCUT2D eigenvalue weighted by Crippen LogP contribution is -2.31. The van der Waals surface area contributed by atoms with Gasteiger partial charge in [-0.2, -0.15) is 0 Å². The molecule has 1 unspecified atom stereocenters. The van der Waals surface area contributed by atoms with E-state index in [0.29, 0.717) is 17.8 Å². The highest BCUT2D eigenvalue weighted by Crippen LogP contribution is 2.18. The van der Waals surface area contributed by atoms with Crippen molar-refractivity contribution < 1.29 is 9.90 Å². The molecule has 1 heterocycles. The molecule has 0 aliphatic carbocycles. The van der Waals surface area contributed by atoms with E-state index in [4.69, 9.17) is 5.73 Å². The first-order valence-corrected chi connectivity index (χ1v) is 5.94. The molecule has 5 N–H and O–H groups in total. The number of benzene rings is 1. The van der Waals surface area contributed by atoms with Crippen molar-refractivity contribution in [2.75, 3.05) is 12.3 Å². The third kappa shape index (κ3) is 2.62. The molecule has 0 spiro atoms. The number of hydrogen-bond donors (Lipinski definition) is 4. The second kappa shape index (κ2) is 5.10. The molecule has 1 amide bonds. The fraction of sp³-hybridized carbons (Fsp3) is 0.308. The number of nitrogen functional groups attached to an aromatic ring is 1. The SMILES string of the molecule is CCC(O)CNC(=O)c1cc2cc(N)ccc2[nH]1. The Labute approximate surface area is 105 Å². The van der Waals surface area contributed by atoms with Gasteiger partial charge in [0.15, 0.2) is 0 Å². The maximum absolute atomic E-state index is 11.8. The number of nitrogens with two attached hydrogens (primary N) is 1. The number of hydrogen-bond acceptors (Lipinski definition) is 3. The molecule has 0 aliphatic heterocycles. The van der Waals surface area contributed by atoms with Gasteiger partial charge >= 0.3 is 0 Å². The minimum atomic E-state index is -0.506. The lowest BCUT2D eigenvalue weighted by Gasteiger charge is -2.08. The summed E-state index contributed by atoms with van der Waals surface area (Å²) in [5.41, 5.74) is 7.68. The van der Waals surface area contributed by atoms with E-state index in [1.807, 2.05) is 19.1 Å². The number of aromatic nitrogens is 1. The predicted molar refractivity (Wildman–Crippen MR) is 71.3 cm³/mol. The fourth-order valence-electron chi connectivity index (χ4n) is 1.72. The van der Waals surface area contributed by atoms with Crippen LogP contribution in [-0.4, -0.2) is 28.6 Å². The molecule has 0 radical (unpaired) electrons. The van der Waals surface area contributed by atoms with Crippen LogP contribution in [0.3, 0.4) is 0 Å². The molecular formula is C13H17N3O2. The summed E-state index contributed by atoms with van der Waals surface area (Å²) in [6, 6.07) is 7.17. The van der Waals surface area contributed by atoms with Crippen LogP contribution < -0.4 is 11.1 Å². The number of fused-ring (bicyclic) bond motifs is 1. The fourth-order valence-corrected chi connectivity index (χ4v) is 1.72. The Balaban J connectivity index is 2.13. The third-order valence-electron chi connectivity index (χ3n) is 2.86. The Morgan fingerprint density at radius 1 is 1.50 bits per heavy atom. The smallest absolute Gasteiger partial charge is 0.267 e. The van der Waals surface area contributed by atoms with E-state index in [0.717, 1.165) is 10.9 Å². The Kier molecular flexibility index (Phi) is 3.53. The third-order valence-corrected chi connectivity index (χ3v) is 2.86. The van der Waals surface area contributed by atoms with Gasteiger partial charge in [-0.25, -0.2) is 0 Å². The van der Waals surface area contributed by atoms with E-state index >= 15 is 0 Å². The maximum atomic E-state index is 11.8.